The van der Waals surface area contributed by atoms with Crippen LogP contribution in [-0.2, 0) is 17.1 Å². The minimum absolute atomic E-state index is 0.104. The van der Waals surface area contributed by atoms with E-state index in [2.05, 4.69) is 10.6 Å². The quantitative estimate of drug-likeness (QED) is 0.614. The van der Waals surface area contributed by atoms with E-state index in [-0.39, 0.29) is 12.1 Å². The second-order valence-corrected chi connectivity index (χ2v) is 7.00. The van der Waals surface area contributed by atoms with Crippen molar-refractivity contribution in [2.75, 3.05) is 10.2 Å². The molecule has 1 aliphatic rings. The van der Waals surface area contributed by atoms with E-state index in [0.717, 1.165) is 4.90 Å². The van der Waals surface area contributed by atoms with Crippen LogP contribution >= 0.6 is 11.6 Å². The molecule has 0 saturated heterocycles. The maximum atomic E-state index is 13.3. The summed E-state index contributed by atoms with van der Waals surface area (Å²) in [5.74, 6) is -0.733. The highest BCUT2D eigenvalue weighted by Gasteiger charge is 2.51. The standard InChI is InChI=1S/C22H18ClN3O3/c23-18-12-6-4-8-15(18)14-24-20(27)22(29)17-11-5-7-13-19(17)25-21(28)26(22)16-9-2-1-3-10-16/h1-13,29H,14H2,(H,24,27)(H,25,28)/t22-/m1/s1. The summed E-state index contributed by atoms with van der Waals surface area (Å²) < 4.78 is 0. The van der Waals surface area contributed by atoms with Crippen molar-refractivity contribution in [2.45, 2.75) is 12.3 Å². The molecule has 0 saturated carbocycles. The number of nitrogens with one attached hydrogen (secondary N) is 2. The third kappa shape index (κ3) is 3.33. The first-order chi connectivity index (χ1) is 14.0. The van der Waals surface area contributed by atoms with Crippen LogP contribution < -0.4 is 15.5 Å². The Morgan fingerprint density at radius 3 is 2.41 bits per heavy atom. The Balaban J connectivity index is 1.75. The molecule has 0 fully saturated rings. The SMILES string of the molecule is O=C1Nc2ccccc2[C@@](O)(C(=O)NCc2ccccc2Cl)N1c1ccccc1. The van der Waals surface area contributed by atoms with Crippen LogP contribution in [0.3, 0.4) is 0 Å². The van der Waals surface area contributed by atoms with Crippen LogP contribution in [0.25, 0.3) is 0 Å². The number of amides is 3. The number of benzene rings is 3. The molecule has 146 valence electrons. The molecule has 0 radical (unpaired) electrons. The lowest BCUT2D eigenvalue weighted by Crippen LogP contribution is -2.62. The van der Waals surface area contributed by atoms with Gasteiger partial charge in [-0.1, -0.05) is 66.2 Å². The van der Waals surface area contributed by atoms with Gasteiger partial charge in [0.15, 0.2) is 0 Å². The molecule has 3 N–H and O–H groups in total. The Labute approximate surface area is 172 Å². The van der Waals surface area contributed by atoms with Crippen LogP contribution in [0.4, 0.5) is 16.2 Å². The number of aliphatic hydroxyl groups is 1. The summed E-state index contributed by atoms with van der Waals surface area (Å²) in [4.78, 5) is 27.2. The van der Waals surface area contributed by atoms with Gasteiger partial charge in [0.25, 0.3) is 11.6 Å². The Kier molecular flexibility index (Phi) is 4.96. The summed E-state index contributed by atoms with van der Waals surface area (Å²) in [6.45, 7) is 0.104. The van der Waals surface area contributed by atoms with Gasteiger partial charge in [-0.05, 0) is 29.8 Å². The first-order valence-corrected chi connectivity index (χ1v) is 9.39. The summed E-state index contributed by atoms with van der Waals surface area (Å²) >= 11 is 6.17. The molecular formula is C22H18ClN3O3. The molecule has 4 rings (SSSR count). The Morgan fingerprint density at radius 1 is 1.00 bits per heavy atom. The van der Waals surface area contributed by atoms with Crippen molar-refractivity contribution in [1.29, 1.82) is 0 Å². The van der Waals surface area contributed by atoms with Gasteiger partial charge in [-0.2, -0.15) is 0 Å². The van der Waals surface area contributed by atoms with E-state index in [4.69, 9.17) is 11.6 Å². The smallest absolute Gasteiger partial charge is 0.329 e. The molecule has 3 aromatic rings. The Bertz CT molecular complexity index is 1070. The molecule has 1 heterocycles. The fraction of sp³-hybridized carbons (Fsp3) is 0.0909. The molecule has 0 bridgehead atoms. The number of para-hydroxylation sites is 2. The van der Waals surface area contributed by atoms with Gasteiger partial charge >= 0.3 is 6.03 Å². The van der Waals surface area contributed by atoms with Crippen LogP contribution in [0.1, 0.15) is 11.1 Å². The average molecular weight is 408 g/mol. The number of hydrogen-bond acceptors (Lipinski definition) is 3. The number of halogens is 1. The summed E-state index contributed by atoms with van der Waals surface area (Å²) in [5, 5.41) is 17.6. The zero-order valence-corrected chi connectivity index (χ0v) is 16.1. The van der Waals surface area contributed by atoms with Crippen LogP contribution in [0.5, 0.6) is 0 Å². The topological polar surface area (TPSA) is 81.7 Å². The van der Waals surface area contributed by atoms with Crippen molar-refractivity contribution in [3.63, 3.8) is 0 Å². The summed E-state index contributed by atoms with van der Waals surface area (Å²) in [7, 11) is 0. The largest absolute Gasteiger partial charge is 0.359 e. The number of hydrogen-bond donors (Lipinski definition) is 3. The van der Waals surface area contributed by atoms with E-state index >= 15 is 0 Å². The molecule has 6 nitrogen and oxygen atoms in total. The number of carbonyl (C=O) groups is 2. The van der Waals surface area contributed by atoms with Gasteiger partial charge in [0, 0.05) is 22.8 Å². The maximum Gasteiger partial charge on any atom is 0.329 e. The van der Waals surface area contributed by atoms with E-state index in [9.17, 15) is 14.7 Å². The summed E-state index contributed by atoms with van der Waals surface area (Å²) in [6.07, 6.45) is 0. The highest BCUT2D eigenvalue weighted by atomic mass is 35.5. The minimum atomic E-state index is -2.23. The lowest BCUT2D eigenvalue weighted by atomic mass is 9.94. The van der Waals surface area contributed by atoms with Crippen LogP contribution in [-0.4, -0.2) is 17.0 Å². The summed E-state index contributed by atoms with van der Waals surface area (Å²) in [5.41, 5.74) is -0.498. The van der Waals surface area contributed by atoms with Crippen molar-refractivity contribution in [3.8, 4) is 0 Å². The molecule has 3 amide bonds. The molecule has 1 aliphatic heterocycles. The monoisotopic (exact) mass is 407 g/mol. The average Bonchev–Trinajstić information content (AvgIpc) is 2.73. The second kappa shape index (κ2) is 7.58. The fourth-order valence-corrected chi connectivity index (χ4v) is 3.58. The molecule has 1 atom stereocenters. The molecule has 0 spiro atoms. The van der Waals surface area contributed by atoms with E-state index in [1.54, 1.807) is 72.8 Å². The van der Waals surface area contributed by atoms with Crippen molar-refractivity contribution < 1.29 is 14.7 Å². The molecule has 0 unspecified atom stereocenters. The van der Waals surface area contributed by atoms with Gasteiger partial charge in [-0.25, -0.2) is 4.79 Å². The lowest BCUT2D eigenvalue weighted by Gasteiger charge is -2.42. The number of carbonyl (C=O) groups excluding carboxylic acids is 2. The number of nitrogens with zero attached hydrogens (tertiary/aromatic N) is 1. The Morgan fingerprint density at radius 2 is 1.66 bits per heavy atom. The number of fused-ring (bicyclic) bond motifs is 1. The van der Waals surface area contributed by atoms with Gasteiger partial charge in [-0.15, -0.1) is 0 Å². The minimum Gasteiger partial charge on any atom is -0.359 e. The number of urea groups is 1. The van der Waals surface area contributed by atoms with Gasteiger partial charge < -0.3 is 15.7 Å². The van der Waals surface area contributed by atoms with Crippen LogP contribution in [0, 0.1) is 0 Å². The third-order valence-corrected chi connectivity index (χ3v) is 5.17. The molecular weight excluding hydrogens is 390 g/mol. The van der Waals surface area contributed by atoms with Crippen molar-refractivity contribution in [3.05, 3.63) is 95.0 Å². The van der Waals surface area contributed by atoms with E-state index in [0.29, 0.717) is 22.0 Å². The molecule has 29 heavy (non-hydrogen) atoms. The molecule has 0 aromatic heterocycles. The number of anilines is 2. The van der Waals surface area contributed by atoms with E-state index in [1.807, 2.05) is 6.07 Å². The predicted octanol–water partition coefficient (Wildman–Crippen LogP) is 3.85. The first-order valence-electron chi connectivity index (χ1n) is 9.01. The lowest BCUT2D eigenvalue weighted by molar-refractivity contribution is -0.140. The van der Waals surface area contributed by atoms with E-state index < -0.39 is 17.7 Å². The van der Waals surface area contributed by atoms with Crippen molar-refractivity contribution in [2.24, 2.45) is 0 Å². The molecule has 7 heteroatoms. The number of rotatable bonds is 4. The van der Waals surface area contributed by atoms with Crippen molar-refractivity contribution in [1.82, 2.24) is 5.32 Å². The fourth-order valence-electron chi connectivity index (χ4n) is 3.38. The second-order valence-electron chi connectivity index (χ2n) is 6.59. The Hall–Kier alpha value is -3.35. The van der Waals surface area contributed by atoms with E-state index in [1.165, 1.54) is 0 Å². The highest BCUT2D eigenvalue weighted by Crippen LogP contribution is 2.39. The maximum absolute atomic E-state index is 13.3. The van der Waals surface area contributed by atoms with Crippen LogP contribution in [0.2, 0.25) is 5.02 Å². The summed E-state index contributed by atoms with van der Waals surface area (Å²) in [6, 6.07) is 21.7. The molecule has 0 aliphatic carbocycles. The van der Waals surface area contributed by atoms with Gasteiger partial charge in [0.05, 0.1) is 5.69 Å². The predicted molar refractivity (Wildman–Crippen MR) is 112 cm³/mol. The van der Waals surface area contributed by atoms with Crippen LogP contribution in [0.15, 0.2) is 78.9 Å². The molecule has 3 aromatic carbocycles. The van der Waals surface area contributed by atoms with Gasteiger partial charge in [0.2, 0.25) is 0 Å². The highest BCUT2D eigenvalue weighted by molar-refractivity contribution is 6.31. The normalized spacial score (nSPS) is 18.0. The third-order valence-electron chi connectivity index (χ3n) is 4.80. The first kappa shape index (κ1) is 19.0. The van der Waals surface area contributed by atoms with Crippen molar-refractivity contribution >= 4 is 34.9 Å². The van der Waals surface area contributed by atoms with Gasteiger partial charge in [-0.3, -0.25) is 9.69 Å². The zero-order valence-electron chi connectivity index (χ0n) is 15.3. The zero-order chi connectivity index (χ0) is 20.4. The van der Waals surface area contributed by atoms with Gasteiger partial charge in [0.1, 0.15) is 0 Å².